The summed E-state index contributed by atoms with van der Waals surface area (Å²) < 4.78 is 0. The summed E-state index contributed by atoms with van der Waals surface area (Å²) in [7, 11) is 0. The van der Waals surface area contributed by atoms with Crippen molar-refractivity contribution >= 4 is 0 Å². The monoisotopic (exact) mass is 110 g/mol. The van der Waals surface area contributed by atoms with E-state index in [1.54, 1.807) is 12.4 Å². The molecule has 0 bridgehead atoms. The van der Waals surface area contributed by atoms with Gasteiger partial charge in [0, 0.05) is 12.4 Å². The third kappa shape index (κ3) is 5.08. The molecule has 0 amide bonds. The lowest BCUT2D eigenvalue weighted by molar-refractivity contribution is 1.21. The maximum atomic E-state index is 3.64. The zero-order valence-corrected chi connectivity index (χ0v) is 5.20. The molecule has 0 N–H and O–H groups in total. The SMILES string of the molecule is C\C=C/N=N\C=C/C. The minimum atomic E-state index is 1.64. The van der Waals surface area contributed by atoms with Crippen LogP contribution in [0.5, 0.6) is 0 Å². The Hall–Kier alpha value is -0.920. The van der Waals surface area contributed by atoms with Crippen LogP contribution in [0, 0.1) is 0 Å². The summed E-state index contributed by atoms with van der Waals surface area (Å²) in [6.07, 6.45) is 6.93. The predicted molar refractivity (Wildman–Crippen MR) is 34.5 cm³/mol. The van der Waals surface area contributed by atoms with Gasteiger partial charge in [0.2, 0.25) is 0 Å². The Kier molecular flexibility index (Phi) is 5.38. The van der Waals surface area contributed by atoms with Gasteiger partial charge in [0.05, 0.1) is 0 Å². The molecule has 8 heavy (non-hydrogen) atoms. The molecule has 0 aliphatic carbocycles. The molecule has 0 aliphatic rings. The highest BCUT2D eigenvalue weighted by Gasteiger charge is 1.55. The van der Waals surface area contributed by atoms with Gasteiger partial charge in [-0.15, -0.1) is 0 Å². The molecule has 0 aromatic heterocycles. The summed E-state index contributed by atoms with van der Waals surface area (Å²) in [4.78, 5) is 0. The topological polar surface area (TPSA) is 24.7 Å². The number of azo groups is 1. The molecule has 0 rings (SSSR count). The second kappa shape index (κ2) is 6.08. The van der Waals surface area contributed by atoms with Crippen molar-refractivity contribution < 1.29 is 0 Å². The largest absolute Gasteiger partial charge is 0.160 e. The summed E-state index contributed by atoms with van der Waals surface area (Å²) in [6, 6.07) is 0. The van der Waals surface area contributed by atoms with E-state index in [9.17, 15) is 0 Å². The third-order valence-electron chi connectivity index (χ3n) is 0.498. The van der Waals surface area contributed by atoms with Gasteiger partial charge >= 0.3 is 0 Å². The van der Waals surface area contributed by atoms with Crippen LogP contribution in [0.25, 0.3) is 0 Å². The van der Waals surface area contributed by atoms with Gasteiger partial charge in [-0.1, -0.05) is 12.2 Å². The molecule has 0 radical (unpaired) electrons. The quantitative estimate of drug-likeness (QED) is 0.488. The highest BCUT2D eigenvalue weighted by Crippen LogP contribution is 1.78. The predicted octanol–water partition coefficient (Wildman–Crippen LogP) is 2.51. The second-order valence-corrected chi connectivity index (χ2v) is 1.20. The minimum Gasteiger partial charge on any atom is -0.160 e. The maximum Gasteiger partial charge on any atom is 0.0452 e. The lowest BCUT2D eigenvalue weighted by Gasteiger charge is -1.68. The van der Waals surface area contributed by atoms with Crippen molar-refractivity contribution in [1.29, 1.82) is 0 Å². The van der Waals surface area contributed by atoms with Gasteiger partial charge in [0.1, 0.15) is 0 Å². The molecular formula is C6H10N2. The van der Waals surface area contributed by atoms with Crippen molar-refractivity contribution in [2.24, 2.45) is 10.2 Å². The summed E-state index contributed by atoms with van der Waals surface area (Å²) in [6.45, 7) is 3.80. The first-order chi connectivity index (χ1) is 3.91. The van der Waals surface area contributed by atoms with Gasteiger partial charge in [-0.3, -0.25) is 0 Å². The van der Waals surface area contributed by atoms with Crippen LogP contribution in [-0.4, -0.2) is 0 Å². The number of nitrogens with zero attached hydrogens (tertiary/aromatic N) is 2. The first-order valence-corrected chi connectivity index (χ1v) is 2.54. The first kappa shape index (κ1) is 7.08. The Labute approximate surface area is 49.6 Å². The smallest absolute Gasteiger partial charge is 0.0452 e. The van der Waals surface area contributed by atoms with Gasteiger partial charge in [-0.05, 0) is 13.8 Å². The van der Waals surface area contributed by atoms with Gasteiger partial charge in [0.25, 0.3) is 0 Å². The maximum absolute atomic E-state index is 3.64. The Morgan fingerprint density at radius 1 is 0.875 bits per heavy atom. The van der Waals surface area contributed by atoms with Crippen molar-refractivity contribution in [1.82, 2.24) is 0 Å². The highest BCUT2D eigenvalue weighted by molar-refractivity contribution is 4.76. The van der Waals surface area contributed by atoms with Crippen molar-refractivity contribution in [3.05, 3.63) is 24.6 Å². The van der Waals surface area contributed by atoms with Crippen LogP contribution in [-0.2, 0) is 0 Å². The fourth-order valence-electron chi connectivity index (χ4n) is 0.210. The Morgan fingerprint density at radius 3 is 1.50 bits per heavy atom. The summed E-state index contributed by atoms with van der Waals surface area (Å²) in [5, 5.41) is 7.27. The van der Waals surface area contributed by atoms with Crippen LogP contribution in [0.15, 0.2) is 34.8 Å². The van der Waals surface area contributed by atoms with Crippen LogP contribution in [0.1, 0.15) is 13.8 Å². The fourth-order valence-corrected chi connectivity index (χ4v) is 0.210. The highest BCUT2D eigenvalue weighted by atomic mass is 15.1. The van der Waals surface area contributed by atoms with Crippen LogP contribution >= 0.6 is 0 Å². The summed E-state index contributed by atoms with van der Waals surface area (Å²) in [5.74, 6) is 0. The van der Waals surface area contributed by atoms with Gasteiger partial charge in [0.15, 0.2) is 0 Å². The fraction of sp³-hybridized carbons (Fsp3) is 0.333. The zero-order chi connectivity index (χ0) is 6.24. The molecule has 2 nitrogen and oxygen atoms in total. The second-order valence-electron chi connectivity index (χ2n) is 1.20. The Balaban J connectivity index is 3.35. The van der Waals surface area contributed by atoms with Crippen molar-refractivity contribution in [2.75, 3.05) is 0 Å². The number of hydrogen-bond donors (Lipinski definition) is 0. The van der Waals surface area contributed by atoms with E-state index in [4.69, 9.17) is 0 Å². The number of allylic oxidation sites excluding steroid dienone is 2. The molecule has 0 saturated heterocycles. The van der Waals surface area contributed by atoms with E-state index in [0.717, 1.165) is 0 Å². The van der Waals surface area contributed by atoms with E-state index in [1.807, 2.05) is 26.0 Å². The van der Waals surface area contributed by atoms with Gasteiger partial charge in [-0.25, -0.2) is 0 Å². The van der Waals surface area contributed by atoms with E-state index in [-0.39, 0.29) is 0 Å². The standard InChI is InChI=1S/C6H10N2/c1-3-5-7-8-6-4-2/h3-6H,1-2H3/b5-3-,6-4-,8-7-. The van der Waals surface area contributed by atoms with Gasteiger partial charge < -0.3 is 0 Å². The van der Waals surface area contributed by atoms with E-state index >= 15 is 0 Å². The molecule has 0 fully saturated rings. The number of rotatable bonds is 2. The molecule has 0 aliphatic heterocycles. The van der Waals surface area contributed by atoms with Crippen LogP contribution in [0.3, 0.4) is 0 Å². The summed E-state index contributed by atoms with van der Waals surface area (Å²) in [5.41, 5.74) is 0. The molecule has 0 unspecified atom stereocenters. The Bertz CT molecular complexity index is 97.7. The van der Waals surface area contributed by atoms with Crippen LogP contribution in [0.2, 0.25) is 0 Å². The zero-order valence-electron chi connectivity index (χ0n) is 5.20. The lowest BCUT2D eigenvalue weighted by Crippen LogP contribution is -1.44. The summed E-state index contributed by atoms with van der Waals surface area (Å²) >= 11 is 0. The third-order valence-corrected chi connectivity index (χ3v) is 0.498. The van der Waals surface area contributed by atoms with Crippen LogP contribution in [0.4, 0.5) is 0 Å². The van der Waals surface area contributed by atoms with Crippen LogP contribution < -0.4 is 0 Å². The van der Waals surface area contributed by atoms with Crippen molar-refractivity contribution in [3.63, 3.8) is 0 Å². The first-order valence-electron chi connectivity index (χ1n) is 2.54. The number of hydrogen-bond acceptors (Lipinski definition) is 2. The van der Waals surface area contributed by atoms with Crippen molar-refractivity contribution in [2.45, 2.75) is 13.8 Å². The molecule has 0 atom stereocenters. The molecule has 0 saturated carbocycles. The molecular weight excluding hydrogens is 100 g/mol. The van der Waals surface area contributed by atoms with E-state index in [1.165, 1.54) is 0 Å². The average Bonchev–Trinajstić information content (AvgIpc) is 1.81. The molecule has 0 aromatic rings. The van der Waals surface area contributed by atoms with E-state index in [2.05, 4.69) is 10.2 Å². The van der Waals surface area contributed by atoms with E-state index < -0.39 is 0 Å². The molecule has 0 spiro atoms. The Morgan fingerprint density at radius 2 is 1.25 bits per heavy atom. The molecule has 2 heteroatoms. The normalized spacial score (nSPS) is 12.8. The molecule has 44 valence electrons. The average molecular weight is 110 g/mol. The van der Waals surface area contributed by atoms with Crippen molar-refractivity contribution in [3.8, 4) is 0 Å². The molecule has 0 heterocycles. The molecule has 0 aromatic carbocycles. The lowest BCUT2D eigenvalue weighted by atomic mass is 10.7. The van der Waals surface area contributed by atoms with E-state index in [0.29, 0.717) is 0 Å². The van der Waals surface area contributed by atoms with Gasteiger partial charge in [-0.2, -0.15) is 10.2 Å². The minimum absolute atomic E-state index is 1.64.